The fraction of sp³-hybridized carbons (Fsp3) is 0.556. The number of methoxy groups -OCH3 is 1. The van der Waals surface area contributed by atoms with Crippen molar-refractivity contribution in [2.45, 2.75) is 32.7 Å². The Morgan fingerprint density at radius 2 is 2.04 bits per heavy atom. The molecule has 144 valence electrons. The van der Waals surface area contributed by atoms with Crippen LogP contribution in [0.5, 0.6) is 5.75 Å². The minimum absolute atomic E-state index is 0.0294. The normalized spacial score (nSPS) is 18.3. The molecule has 0 N–H and O–H groups in total. The average molecular weight is 383 g/mol. The third-order valence-electron chi connectivity index (χ3n) is 4.34. The van der Waals surface area contributed by atoms with E-state index in [2.05, 4.69) is 0 Å². The summed E-state index contributed by atoms with van der Waals surface area (Å²) >= 11 is 0. The van der Waals surface area contributed by atoms with E-state index in [0.717, 1.165) is 5.56 Å². The number of esters is 1. The van der Waals surface area contributed by atoms with Gasteiger partial charge in [0.2, 0.25) is 0 Å². The van der Waals surface area contributed by atoms with E-state index >= 15 is 0 Å². The number of aryl methyl sites for hydroxylation is 1. The zero-order valence-corrected chi connectivity index (χ0v) is 16.2. The number of ether oxygens (including phenoxy) is 2. The molecule has 1 aromatic rings. The van der Waals surface area contributed by atoms with E-state index < -0.39 is 22.4 Å². The van der Waals surface area contributed by atoms with Gasteiger partial charge in [-0.05, 0) is 31.9 Å². The van der Waals surface area contributed by atoms with E-state index in [1.54, 1.807) is 12.1 Å². The Hall–Kier alpha value is -2.09. The highest BCUT2D eigenvalue weighted by Crippen LogP contribution is 2.21. The van der Waals surface area contributed by atoms with E-state index in [9.17, 15) is 18.0 Å². The van der Waals surface area contributed by atoms with Crippen molar-refractivity contribution in [3.63, 3.8) is 0 Å². The number of sulfone groups is 1. The maximum Gasteiger partial charge on any atom is 0.342 e. The molecule has 0 aromatic heterocycles. The molecule has 1 aliphatic heterocycles. The Morgan fingerprint density at radius 3 is 2.62 bits per heavy atom. The summed E-state index contributed by atoms with van der Waals surface area (Å²) in [5.74, 6) is -0.590. The van der Waals surface area contributed by atoms with Crippen LogP contribution in [0, 0.1) is 6.92 Å². The van der Waals surface area contributed by atoms with Crippen molar-refractivity contribution in [2.24, 2.45) is 0 Å². The number of carbonyl (C=O) groups is 2. The zero-order valence-electron chi connectivity index (χ0n) is 15.4. The molecule has 1 aliphatic rings. The fourth-order valence-corrected chi connectivity index (χ4v) is 4.77. The van der Waals surface area contributed by atoms with Crippen molar-refractivity contribution in [3.8, 4) is 5.75 Å². The summed E-state index contributed by atoms with van der Waals surface area (Å²) in [6.45, 7) is 3.76. The lowest BCUT2D eigenvalue weighted by Crippen LogP contribution is -2.43. The molecule has 1 aromatic carbocycles. The van der Waals surface area contributed by atoms with Crippen molar-refractivity contribution in [3.05, 3.63) is 29.3 Å². The maximum atomic E-state index is 12.5. The molecule has 1 fully saturated rings. The lowest BCUT2D eigenvalue weighted by molar-refractivity contribution is -0.136. The molecule has 0 radical (unpaired) electrons. The van der Waals surface area contributed by atoms with E-state index in [0.29, 0.717) is 25.1 Å². The summed E-state index contributed by atoms with van der Waals surface area (Å²) < 4.78 is 33.7. The monoisotopic (exact) mass is 383 g/mol. The first-order valence-electron chi connectivity index (χ1n) is 8.59. The molecular weight excluding hydrogens is 358 g/mol. The number of rotatable bonds is 7. The van der Waals surface area contributed by atoms with E-state index in [-0.39, 0.29) is 29.0 Å². The van der Waals surface area contributed by atoms with E-state index in [1.165, 1.54) is 12.0 Å². The maximum absolute atomic E-state index is 12.5. The van der Waals surface area contributed by atoms with Gasteiger partial charge < -0.3 is 14.4 Å². The van der Waals surface area contributed by atoms with Crippen LogP contribution in [0.1, 0.15) is 35.7 Å². The average Bonchev–Trinajstić information content (AvgIpc) is 2.96. The van der Waals surface area contributed by atoms with Gasteiger partial charge in [0.05, 0.1) is 18.6 Å². The molecule has 2 rings (SSSR count). The fourth-order valence-electron chi connectivity index (χ4n) is 3.04. The number of hydrogen-bond acceptors (Lipinski definition) is 6. The first-order chi connectivity index (χ1) is 12.3. The highest BCUT2D eigenvalue weighted by atomic mass is 32.2. The van der Waals surface area contributed by atoms with Crippen molar-refractivity contribution in [2.75, 3.05) is 31.8 Å². The molecule has 0 aliphatic carbocycles. The summed E-state index contributed by atoms with van der Waals surface area (Å²) in [6.07, 6.45) is 1.12. The van der Waals surface area contributed by atoms with Gasteiger partial charge in [0.25, 0.3) is 5.91 Å². The molecule has 1 atom stereocenters. The zero-order chi connectivity index (χ0) is 19.3. The second kappa shape index (κ2) is 8.53. The van der Waals surface area contributed by atoms with Crippen molar-refractivity contribution < 1.29 is 27.5 Å². The summed E-state index contributed by atoms with van der Waals surface area (Å²) in [5, 5.41) is 0. The molecule has 1 amide bonds. The molecule has 1 heterocycles. The molecule has 0 saturated carbocycles. The smallest absolute Gasteiger partial charge is 0.342 e. The molecule has 26 heavy (non-hydrogen) atoms. The Bertz CT molecular complexity index is 774. The van der Waals surface area contributed by atoms with Gasteiger partial charge in [-0.1, -0.05) is 18.6 Å². The Balaban J connectivity index is 2.03. The van der Waals surface area contributed by atoms with Crippen LogP contribution in [0.4, 0.5) is 0 Å². The summed E-state index contributed by atoms with van der Waals surface area (Å²) in [5.41, 5.74) is 1.12. The number of amides is 1. The summed E-state index contributed by atoms with van der Waals surface area (Å²) in [6, 6.07) is 4.77. The van der Waals surface area contributed by atoms with Gasteiger partial charge >= 0.3 is 5.97 Å². The second-order valence-electron chi connectivity index (χ2n) is 6.42. The van der Waals surface area contributed by atoms with Crippen LogP contribution in [0.25, 0.3) is 0 Å². The van der Waals surface area contributed by atoms with Crippen LogP contribution in [0.15, 0.2) is 18.2 Å². The Kier molecular flexibility index (Phi) is 6.63. The minimum atomic E-state index is -3.10. The lowest BCUT2D eigenvalue weighted by atomic mass is 10.1. The number of benzene rings is 1. The largest absolute Gasteiger partial charge is 0.496 e. The van der Waals surface area contributed by atoms with E-state index in [1.807, 2.05) is 19.9 Å². The van der Waals surface area contributed by atoms with Gasteiger partial charge in [-0.2, -0.15) is 0 Å². The van der Waals surface area contributed by atoms with Gasteiger partial charge in [0.1, 0.15) is 11.3 Å². The highest BCUT2D eigenvalue weighted by Gasteiger charge is 2.34. The third-order valence-corrected chi connectivity index (χ3v) is 6.09. The Morgan fingerprint density at radius 1 is 1.31 bits per heavy atom. The van der Waals surface area contributed by atoms with Gasteiger partial charge in [0.15, 0.2) is 16.4 Å². The van der Waals surface area contributed by atoms with Crippen LogP contribution < -0.4 is 4.74 Å². The molecule has 7 nitrogen and oxygen atoms in total. The first-order valence-corrected chi connectivity index (χ1v) is 10.4. The van der Waals surface area contributed by atoms with Crippen LogP contribution in [-0.2, 0) is 19.4 Å². The third kappa shape index (κ3) is 4.97. The molecule has 0 spiro atoms. The standard InChI is InChI=1S/C18H25NO6S/c1-4-8-19(14-7-9-26(22,23)12-14)17(20)11-25-18(21)15-10-13(2)5-6-16(15)24-3/h5-6,10,14H,4,7-9,11-12H2,1-3H3/t14-/m1/s1. The lowest BCUT2D eigenvalue weighted by Gasteiger charge is -2.27. The highest BCUT2D eigenvalue weighted by molar-refractivity contribution is 7.91. The van der Waals surface area contributed by atoms with Crippen LogP contribution in [-0.4, -0.2) is 63.0 Å². The van der Waals surface area contributed by atoms with Crippen molar-refractivity contribution >= 4 is 21.7 Å². The van der Waals surface area contributed by atoms with Gasteiger partial charge in [-0.25, -0.2) is 13.2 Å². The van der Waals surface area contributed by atoms with Gasteiger partial charge in [-0.3, -0.25) is 4.79 Å². The van der Waals surface area contributed by atoms with Gasteiger partial charge in [0, 0.05) is 12.6 Å². The predicted molar refractivity (Wildman–Crippen MR) is 97.1 cm³/mol. The predicted octanol–water partition coefficient (Wildman–Crippen LogP) is 1.59. The quantitative estimate of drug-likeness (QED) is 0.664. The number of carbonyl (C=O) groups excluding carboxylic acids is 2. The summed E-state index contributed by atoms with van der Waals surface area (Å²) in [7, 11) is -1.64. The number of hydrogen-bond donors (Lipinski definition) is 0. The van der Waals surface area contributed by atoms with E-state index in [4.69, 9.17) is 9.47 Å². The number of nitrogens with zero attached hydrogens (tertiary/aromatic N) is 1. The van der Waals surface area contributed by atoms with Crippen molar-refractivity contribution in [1.82, 2.24) is 4.90 Å². The molecule has 1 saturated heterocycles. The second-order valence-corrected chi connectivity index (χ2v) is 8.65. The SMILES string of the molecule is CCCN(C(=O)COC(=O)c1cc(C)ccc1OC)[C@@H]1CCS(=O)(=O)C1. The molecule has 8 heteroatoms. The minimum Gasteiger partial charge on any atom is -0.496 e. The van der Waals surface area contributed by atoms with Crippen molar-refractivity contribution in [1.29, 1.82) is 0 Å². The molecule has 0 unspecified atom stereocenters. The molecular formula is C18H25NO6S. The topological polar surface area (TPSA) is 90.0 Å². The molecule has 0 bridgehead atoms. The Labute approximate surface area is 154 Å². The van der Waals surface area contributed by atoms with Crippen LogP contribution in [0.3, 0.4) is 0 Å². The van der Waals surface area contributed by atoms with Crippen LogP contribution in [0.2, 0.25) is 0 Å². The first kappa shape index (κ1) is 20.2. The van der Waals surface area contributed by atoms with Gasteiger partial charge in [-0.15, -0.1) is 0 Å². The summed E-state index contributed by atoms with van der Waals surface area (Å²) in [4.78, 5) is 26.3. The van der Waals surface area contributed by atoms with Crippen LogP contribution >= 0.6 is 0 Å².